The summed E-state index contributed by atoms with van der Waals surface area (Å²) >= 11 is 0. The van der Waals surface area contributed by atoms with Crippen molar-refractivity contribution in [1.82, 2.24) is 4.98 Å². The molecule has 1 fully saturated rings. The lowest BCUT2D eigenvalue weighted by Gasteiger charge is -2.32. The van der Waals surface area contributed by atoms with Crippen LogP contribution in [-0.4, -0.2) is 10.9 Å². The van der Waals surface area contributed by atoms with Crippen LogP contribution in [-0.2, 0) is 0 Å². The standard InChI is InChI=1S/C9H9F4NO/c1-4-6(7(10)11)14-8(15-4)5-2-9(12,13)3-5/h5,7H,2-3H2,1H3. The predicted molar refractivity (Wildman–Crippen MR) is 43.1 cm³/mol. The molecule has 0 unspecified atom stereocenters. The molecular weight excluding hydrogens is 214 g/mol. The largest absolute Gasteiger partial charge is 0.445 e. The molecule has 1 aromatic rings. The molecule has 2 nitrogen and oxygen atoms in total. The summed E-state index contributed by atoms with van der Waals surface area (Å²) in [4.78, 5) is 3.55. The molecule has 1 aliphatic rings. The van der Waals surface area contributed by atoms with E-state index in [0.29, 0.717) is 0 Å². The van der Waals surface area contributed by atoms with E-state index in [-0.39, 0.29) is 24.5 Å². The zero-order valence-electron chi connectivity index (χ0n) is 7.94. The highest BCUT2D eigenvalue weighted by Crippen LogP contribution is 2.48. The van der Waals surface area contributed by atoms with E-state index in [4.69, 9.17) is 4.42 Å². The molecule has 1 heterocycles. The number of rotatable bonds is 2. The molecule has 15 heavy (non-hydrogen) atoms. The first-order valence-corrected chi connectivity index (χ1v) is 4.52. The van der Waals surface area contributed by atoms with Gasteiger partial charge in [0.05, 0.1) is 0 Å². The van der Waals surface area contributed by atoms with Crippen LogP contribution in [0.4, 0.5) is 17.6 Å². The van der Waals surface area contributed by atoms with Crippen molar-refractivity contribution in [1.29, 1.82) is 0 Å². The van der Waals surface area contributed by atoms with Gasteiger partial charge in [-0.1, -0.05) is 0 Å². The average Bonchev–Trinajstić information content (AvgIpc) is 2.42. The number of hydrogen-bond donors (Lipinski definition) is 0. The van der Waals surface area contributed by atoms with Gasteiger partial charge in [0.2, 0.25) is 5.92 Å². The minimum absolute atomic E-state index is 0.00808. The first-order valence-electron chi connectivity index (χ1n) is 4.52. The van der Waals surface area contributed by atoms with Gasteiger partial charge in [0.25, 0.3) is 6.43 Å². The van der Waals surface area contributed by atoms with E-state index in [2.05, 4.69) is 4.98 Å². The summed E-state index contributed by atoms with van der Waals surface area (Å²) in [5, 5.41) is 0. The van der Waals surface area contributed by atoms with Crippen molar-refractivity contribution in [2.75, 3.05) is 0 Å². The second-order valence-corrected chi connectivity index (χ2v) is 3.76. The lowest BCUT2D eigenvalue weighted by molar-refractivity contribution is -0.0919. The normalized spacial score (nSPS) is 20.7. The van der Waals surface area contributed by atoms with Crippen LogP contribution in [0.25, 0.3) is 0 Å². The number of hydrogen-bond acceptors (Lipinski definition) is 2. The van der Waals surface area contributed by atoms with Gasteiger partial charge in [0.15, 0.2) is 5.89 Å². The molecule has 0 atom stereocenters. The van der Waals surface area contributed by atoms with Crippen LogP contribution >= 0.6 is 0 Å². The van der Waals surface area contributed by atoms with Gasteiger partial charge in [-0.2, -0.15) is 0 Å². The number of halogens is 4. The predicted octanol–water partition coefficient (Wildman–Crippen LogP) is 3.43. The Balaban J connectivity index is 2.14. The smallest absolute Gasteiger partial charge is 0.283 e. The van der Waals surface area contributed by atoms with E-state index in [1.807, 2.05) is 0 Å². The molecule has 0 radical (unpaired) electrons. The minimum atomic E-state index is -2.72. The molecule has 84 valence electrons. The Morgan fingerprint density at radius 1 is 1.40 bits per heavy atom. The third kappa shape index (κ3) is 1.85. The summed E-state index contributed by atoms with van der Waals surface area (Å²) in [7, 11) is 0. The van der Waals surface area contributed by atoms with Crippen LogP contribution in [0.2, 0.25) is 0 Å². The fourth-order valence-corrected chi connectivity index (χ4v) is 1.64. The Morgan fingerprint density at radius 2 is 2.00 bits per heavy atom. The molecule has 0 aliphatic heterocycles. The number of aryl methyl sites for hydroxylation is 1. The fraction of sp³-hybridized carbons (Fsp3) is 0.667. The van der Waals surface area contributed by atoms with Gasteiger partial charge in [0.1, 0.15) is 11.5 Å². The van der Waals surface area contributed by atoms with E-state index < -0.39 is 24.0 Å². The topological polar surface area (TPSA) is 26.0 Å². The molecule has 1 saturated carbocycles. The summed E-state index contributed by atoms with van der Waals surface area (Å²) in [6, 6.07) is 0. The van der Waals surface area contributed by atoms with Crippen molar-refractivity contribution in [2.24, 2.45) is 0 Å². The summed E-state index contributed by atoms with van der Waals surface area (Å²) in [6.45, 7) is 1.36. The van der Waals surface area contributed by atoms with Crippen molar-refractivity contribution in [3.05, 3.63) is 17.3 Å². The molecule has 6 heteroatoms. The highest BCUT2D eigenvalue weighted by Gasteiger charge is 2.48. The number of aromatic nitrogens is 1. The number of oxazole rings is 1. The van der Waals surface area contributed by atoms with Crippen LogP contribution in [0.3, 0.4) is 0 Å². The maximum atomic E-state index is 12.5. The molecule has 1 aliphatic carbocycles. The van der Waals surface area contributed by atoms with Crippen molar-refractivity contribution in [3.8, 4) is 0 Å². The van der Waals surface area contributed by atoms with Crippen molar-refractivity contribution >= 4 is 0 Å². The molecule has 0 bridgehead atoms. The van der Waals surface area contributed by atoms with Crippen LogP contribution in [0.5, 0.6) is 0 Å². The van der Waals surface area contributed by atoms with E-state index in [0.717, 1.165) is 0 Å². The van der Waals surface area contributed by atoms with Gasteiger partial charge >= 0.3 is 0 Å². The first-order chi connectivity index (χ1) is 6.89. The molecule has 1 aromatic heterocycles. The third-order valence-electron chi connectivity index (χ3n) is 2.50. The van der Waals surface area contributed by atoms with Crippen LogP contribution in [0.15, 0.2) is 4.42 Å². The highest BCUT2D eigenvalue weighted by atomic mass is 19.3. The lowest BCUT2D eigenvalue weighted by Crippen LogP contribution is -2.33. The second kappa shape index (κ2) is 3.21. The number of alkyl halides is 4. The van der Waals surface area contributed by atoms with Crippen molar-refractivity contribution < 1.29 is 22.0 Å². The molecular formula is C9H9F4NO. The van der Waals surface area contributed by atoms with Crippen LogP contribution in [0.1, 0.15) is 42.5 Å². The zero-order chi connectivity index (χ0) is 11.2. The highest BCUT2D eigenvalue weighted by molar-refractivity contribution is 5.14. The zero-order valence-corrected chi connectivity index (χ0v) is 7.94. The van der Waals surface area contributed by atoms with Crippen molar-refractivity contribution in [2.45, 2.75) is 38.0 Å². The third-order valence-corrected chi connectivity index (χ3v) is 2.50. The summed E-state index contributed by atoms with van der Waals surface area (Å²) in [6.07, 6.45) is -3.45. The van der Waals surface area contributed by atoms with Crippen molar-refractivity contribution in [3.63, 3.8) is 0 Å². The molecule has 0 N–H and O–H groups in total. The summed E-state index contributed by atoms with van der Waals surface area (Å²) in [5.41, 5.74) is -0.444. The van der Waals surface area contributed by atoms with Crippen LogP contribution < -0.4 is 0 Å². The molecule has 0 saturated heterocycles. The van der Waals surface area contributed by atoms with Gasteiger partial charge in [0, 0.05) is 18.8 Å². The van der Waals surface area contributed by atoms with E-state index >= 15 is 0 Å². The molecule has 2 rings (SSSR count). The van der Waals surface area contributed by atoms with E-state index in [1.54, 1.807) is 0 Å². The Morgan fingerprint density at radius 3 is 2.40 bits per heavy atom. The Bertz CT molecular complexity index is 366. The Labute approximate surface area is 83.3 Å². The number of nitrogens with zero attached hydrogens (tertiary/aromatic N) is 1. The Hall–Kier alpha value is -1.07. The first kappa shape index (κ1) is 10.4. The SMILES string of the molecule is Cc1oc(C2CC(F)(F)C2)nc1C(F)F. The average molecular weight is 223 g/mol. The molecule has 0 amide bonds. The summed E-state index contributed by atoms with van der Waals surface area (Å²) in [5.74, 6) is -3.20. The van der Waals surface area contributed by atoms with E-state index in [1.165, 1.54) is 6.92 Å². The maximum absolute atomic E-state index is 12.5. The maximum Gasteiger partial charge on any atom is 0.283 e. The van der Waals surface area contributed by atoms with Gasteiger partial charge in [-0.25, -0.2) is 22.5 Å². The molecule has 0 aromatic carbocycles. The minimum Gasteiger partial charge on any atom is -0.445 e. The van der Waals surface area contributed by atoms with Gasteiger partial charge in [-0.05, 0) is 6.92 Å². The van der Waals surface area contributed by atoms with Gasteiger partial charge < -0.3 is 4.42 Å². The van der Waals surface area contributed by atoms with Gasteiger partial charge in [-0.3, -0.25) is 0 Å². The Kier molecular flexibility index (Phi) is 2.24. The van der Waals surface area contributed by atoms with E-state index in [9.17, 15) is 17.6 Å². The quantitative estimate of drug-likeness (QED) is 0.718. The molecule has 0 spiro atoms. The fourth-order valence-electron chi connectivity index (χ4n) is 1.64. The second-order valence-electron chi connectivity index (χ2n) is 3.76. The lowest BCUT2D eigenvalue weighted by atomic mass is 9.81. The van der Waals surface area contributed by atoms with Gasteiger partial charge in [-0.15, -0.1) is 0 Å². The summed E-state index contributed by atoms with van der Waals surface area (Å²) < 4.78 is 54.6. The monoisotopic (exact) mass is 223 g/mol. The van der Waals surface area contributed by atoms with Crippen LogP contribution in [0, 0.1) is 6.92 Å².